The Morgan fingerprint density at radius 3 is 2.00 bits per heavy atom. The van der Waals surface area contributed by atoms with Crippen molar-refractivity contribution in [2.45, 2.75) is 45.4 Å². The van der Waals surface area contributed by atoms with Gasteiger partial charge in [-0.3, -0.25) is 9.36 Å². The van der Waals surface area contributed by atoms with Crippen molar-refractivity contribution in [2.75, 3.05) is 0 Å². The van der Waals surface area contributed by atoms with Gasteiger partial charge in [0.25, 0.3) is 5.56 Å². The Hall–Kier alpha value is -3.67. The number of thiazole rings is 1. The Bertz CT molecular complexity index is 1490. The molecule has 0 N–H and O–H groups in total. The zero-order valence-corrected chi connectivity index (χ0v) is 20.0. The van der Waals surface area contributed by atoms with Crippen LogP contribution in [0.25, 0.3) is 17.8 Å². The number of aromatic nitrogens is 1. The second-order valence-corrected chi connectivity index (χ2v) is 9.92. The van der Waals surface area contributed by atoms with Crippen molar-refractivity contribution < 1.29 is 0 Å². The van der Waals surface area contributed by atoms with E-state index in [0.717, 1.165) is 11.1 Å². The predicted molar refractivity (Wildman–Crippen MR) is 134 cm³/mol. The summed E-state index contributed by atoms with van der Waals surface area (Å²) in [6, 6.07) is 20.7. The van der Waals surface area contributed by atoms with Gasteiger partial charge in [0.2, 0.25) is 0 Å². The largest absolute Gasteiger partial charge is 0.273 e. The molecule has 4 rings (SSSR count). The number of nitrogens with zero attached hydrogens (tertiary/aromatic N) is 3. The van der Waals surface area contributed by atoms with E-state index in [-0.39, 0.29) is 5.56 Å². The molecule has 1 atom stereocenters. The molecule has 0 radical (unpaired) electrons. The Kier molecular flexibility index (Phi) is 6.18. The van der Waals surface area contributed by atoms with Crippen molar-refractivity contribution in [1.29, 1.82) is 10.5 Å². The van der Waals surface area contributed by atoms with Crippen molar-refractivity contribution in [2.24, 2.45) is 0 Å². The first-order valence-electron chi connectivity index (χ1n) is 11.0. The van der Waals surface area contributed by atoms with E-state index >= 15 is 0 Å². The second kappa shape index (κ2) is 9.06. The lowest BCUT2D eigenvalue weighted by molar-refractivity contribution is 0.863. The minimum absolute atomic E-state index is 0.211. The number of nitriles is 2. The monoisotopic (exact) mass is 451 g/mol. The minimum Gasteiger partial charge on any atom is -0.272 e. The van der Waals surface area contributed by atoms with Crippen molar-refractivity contribution in [3.05, 3.63) is 95.9 Å². The van der Waals surface area contributed by atoms with Gasteiger partial charge in [0.1, 0.15) is 4.66 Å². The molecule has 33 heavy (non-hydrogen) atoms. The Morgan fingerprint density at radius 2 is 1.48 bits per heavy atom. The number of rotatable bonds is 4. The molecule has 2 aromatic carbocycles. The Balaban J connectivity index is 1.88. The summed E-state index contributed by atoms with van der Waals surface area (Å²) in [5, 5.41) is 19.9. The highest BCUT2D eigenvalue weighted by molar-refractivity contribution is 7.07. The molecule has 0 aliphatic carbocycles. The van der Waals surface area contributed by atoms with Gasteiger partial charge in [-0.05, 0) is 40.2 Å². The first-order chi connectivity index (χ1) is 15.8. The van der Waals surface area contributed by atoms with Crippen LogP contribution in [-0.4, -0.2) is 4.57 Å². The summed E-state index contributed by atoms with van der Waals surface area (Å²) in [6.07, 6.45) is 3.44. The van der Waals surface area contributed by atoms with Crippen LogP contribution in [0.5, 0.6) is 0 Å². The highest BCUT2D eigenvalue weighted by Crippen LogP contribution is 2.34. The van der Waals surface area contributed by atoms with Gasteiger partial charge >= 0.3 is 0 Å². The van der Waals surface area contributed by atoms with E-state index < -0.39 is 5.92 Å². The van der Waals surface area contributed by atoms with Gasteiger partial charge in [-0.2, -0.15) is 10.5 Å². The summed E-state index contributed by atoms with van der Waals surface area (Å²) in [6.45, 7) is 8.54. The average Bonchev–Trinajstić information content (AvgIpc) is 3.13. The van der Waals surface area contributed by atoms with Crippen molar-refractivity contribution in [3.63, 3.8) is 0 Å². The van der Waals surface area contributed by atoms with E-state index in [1.54, 1.807) is 6.20 Å². The van der Waals surface area contributed by atoms with Gasteiger partial charge < -0.3 is 0 Å². The molecule has 0 saturated carbocycles. The summed E-state index contributed by atoms with van der Waals surface area (Å²) < 4.78 is 2.58. The van der Waals surface area contributed by atoms with E-state index in [4.69, 9.17) is 0 Å². The van der Waals surface area contributed by atoms with Crippen LogP contribution in [0, 0.1) is 22.7 Å². The molecule has 164 valence electrons. The Morgan fingerprint density at radius 1 is 0.909 bits per heavy atom. The number of fused-ring (bicyclic) bond motifs is 1. The third-order valence-corrected chi connectivity index (χ3v) is 7.16. The molecule has 0 saturated heterocycles. The van der Waals surface area contributed by atoms with Crippen molar-refractivity contribution in [3.8, 4) is 12.1 Å². The third-order valence-electron chi connectivity index (χ3n) is 6.04. The van der Waals surface area contributed by atoms with Crippen LogP contribution in [0.4, 0.5) is 0 Å². The third kappa shape index (κ3) is 4.21. The maximum Gasteiger partial charge on any atom is 0.273 e. The molecule has 0 fully saturated rings. The summed E-state index contributed by atoms with van der Waals surface area (Å²) in [5.74, 6) is 0.357. The van der Waals surface area contributed by atoms with E-state index in [1.807, 2.05) is 42.5 Å². The number of hydrogen-bond donors (Lipinski definition) is 0. The molecule has 2 heterocycles. The van der Waals surface area contributed by atoms with Gasteiger partial charge in [0.05, 0.1) is 33.7 Å². The van der Waals surface area contributed by atoms with Gasteiger partial charge in [0, 0.05) is 6.20 Å². The number of benzene rings is 2. The lowest BCUT2D eigenvalue weighted by atomic mass is 9.84. The van der Waals surface area contributed by atoms with Crippen LogP contribution in [-0.2, 0) is 0 Å². The van der Waals surface area contributed by atoms with Crippen LogP contribution in [0.15, 0.2) is 58.9 Å². The Labute approximate surface area is 197 Å². The molecule has 3 aromatic rings. The number of hydrogen-bond acceptors (Lipinski definition) is 4. The maximum atomic E-state index is 13.1. The fourth-order valence-corrected chi connectivity index (χ4v) is 5.14. The lowest BCUT2D eigenvalue weighted by Crippen LogP contribution is -2.32. The van der Waals surface area contributed by atoms with Crippen molar-refractivity contribution in [1.82, 2.24) is 4.57 Å². The average molecular weight is 452 g/mol. The van der Waals surface area contributed by atoms with Gasteiger partial charge in [-0.1, -0.05) is 76.2 Å². The molecule has 0 spiro atoms. The zero-order valence-electron chi connectivity index (χ0n) is 19.2. The smallest absolute Gasteiger partial charge is 0.272 e. The lowest BCUT2D eigenvalue weighted by Gasteiger charge is -2.20. The van der Waals surface area contributed by atoms with Crippen LogP contribution in [0.3, 0.4) is 0 Å². The van der Waals surface area contributed by atoms with Crippen LogP contribution >= 0.6 is 11.3 Å². The van der Waals surface area contributed by atoms with Crippen LogP contribution in [0.2, 0.25) is 0 Å². The molecule has 1 aliphatic rings. The highest BCUT2D eigenvalue weighted by Gasteiger charge is 2.28. The van der Waals surface area contributed by atoms with Gasteiger partial charge in [-0.15, -0.1) is 11.3 Å². The summed E-state index contributed by atoms with van der Waals surface area (Å²) in [7, 11) is 0. The van der Waals surface area contributed by atoms with Gasteiger partial charge in [0.15, 0.2) is 0 Å². The first kappa shape index (κ1) is 22.5. The van der Waals surface area contributed by atoms with Gasteiger partial charge in [-0.25, -0.2) is 0 Å². The number of allylic oxidation sites excluding steroid dienone is 1. The quantitative estimate of drug-likeness (QED) is 0.571. The second-order valence-electron chi connectivity index (χ2n) is 8.89. The normalized spacial score (nSPS) is 15.9. The van der Waals surface area contributed by atoms with E-state index in [9.17, 15) is 15.3 Å². The highest BCUT2D eigenvalue weighted by atomic mass is 32.1. The molecular weight excluding hydrogens is 426 g/mol. The molecule has 0 amide bonds. The first-order valence-corrected chi connectivity index (χ1v) is 11.8. The van der Waals surface area contributed by atoms with Crippen molar-refractivity contribution >= 4 is 29.2 Å². The summed E-state index contributed by atoms with van der Waals surface area (Å²) in [4.78, 5) is 13.1. The SMILES string of the molecule is CC(C)c1ccc(/C=c2\sc3n(c2=O)C=C(C#N)[C@@H](c2ccc(C(C)C)cc2)C=3C#N)cc1. The minimum atomic E-state index is -0.475. The predicted octanol–water partition coefficient (Wildman–Crippen LogP) is 4.82. The molecule has 4 nitrogen and oxygen atoms in total. The molecule has 1 aliphatic heterocycles. The topological polar surface area (TPSA) is 69.6 Å². The van der Waals surface area contributed by atoms with Crippen LogP contribution < -0.4 is 14.8 Å². The fourth-order valence-electron chi connectivity index (χ4n) is 4.05. The summed E-state index contributed by atoms with van der Waals surface area (Å²) >= 11 is 1.30. The van der Waals surface area contributed by atoms with E-state index in [1.165, 1.54) is 27.0 Å². The van der Waals surface area contributed by atoms with Crippen LogP contribution in [0.1, 0.15) is 67.7 Å². The molecule has 5 heteroatoms. The molecular formula is C28H25N3OS. The van der Waals surface area contributed by atoms with E-state index in [2.05, 4.69) is 52.0 Å². The molecule has 1 aromatic heterocycles. The summed E-state index contributed by atoms with van der Waals surface area (Å²) in [5.41, 5.74) is 4.86. The fraction of sp³-hybridized carbons (Fsp3) is 0.250. The maximum absolute atomic E-state index is 13.1. The molecule has 0 bridgehead atoms. The van der Waals surface area contributed by atoms with E-state index in [0.29, 0.717) is 32.2 Å². The zero-order chi connectivity index (χ0) is 23.7. The molecule has 0 unspecified atom stereocenters. The standard InChI is InChI=1S/C28H25N3OS/c1-17(2)20-7-5-19(6-8-20)13-25-27(32)31-16-23(14-29)26(24(15-30)28(31)33-25)22-11-9-21(10-12-22)18(3)4/h5-13,16-18,26H,1-4H3/b25-13-/t26-/m1/s1.